The van der Waals surface area contributed by atoms with Gasteiger partial charge in [0.15, 0.2) is 5.78 Å². The summed E-state index contributed by atoms with van der Waals surface area (Å²) in [6.07, 6.45) is -11.8. The minimum Gasteiger partial charge on any atom is -0.488 e. The lowest BCUT2D eigenvalue weighted by atomic mass is 9.92. The highest BCUT2D eigenvalue weighted by molar-refractivity contribution is 9.10. The van der Waals surface area contributed by atoms with Crippen molar-refractivity contribution in [2.75, 3.05) is 0 Å². The molecule has 0 atom stereocenters. The van der Waals surface area contributed by atoms with Gasteiger partial charge in [0.2, 0.25) is 0 Å². The Bertz CT molecular complexity index is 2600. The van der Waals surface area contributed by atoms with Crippen molar-refractivity contribution >= 4 is 43.4 Å². The molecule has 1 aromatic heterocycles. The smallest absolute Gasteiger partial charge is 0.430 e. The molecule has 0 saturated heterocycles. The molecule has 1 heterocycles. The van der Waals surface area contributed by atoms with Crippen molar-refractivity contribution in [1.82, 2.24) is 4.57 Å². The second-order valence-corrected chi connectivity index (χ2v) is 15.7. The highest BCUT2D eigenvalue weighted by Gasteiger charge is 2.71. The predicted octanol–water partition coefficient (Wildman–Crippen LogP) is 13.2. The largest absolute Gasteiger partial charge is 0.488 e. The number of rotatable bonds is 13. The van der Waals surface area contributed by atoms with Crippen molar-refractivity contribution < 1.29 is 68.1 Å². The molecular weight excluding hydrogens is 984 g/mol. The third kappa shape index (κ3) is 11.6. The molecular formula is C45H33Br2F10NO5. The third-order valence-electron chi connectivity index (χ3n) is 9.40. The first-order valence-electron chi connectivity index (χ1n) is 18.4. The summed E-state index contributed by atoms with van der Waals surface area (Å²) in [7, 11) is 0. The van der Waals surface area contributed by atoms with Gasteiger partial charge in [-0.25, -0.2) is 17.6 Å². The summed E-state index contributed by atoms with van der Waals surface area (Å²) < 4.78 is 148. The van der Waals surface area contributed by atoms with Gasteiger partial charge in [-0.3, -0.25) is 4.79 Å². The van der Waals surface area contributed by atoms with Gasteiger partial charge in [-0.05, 0) is 98.8 Å². The summed E-state index contributed by atoms with van der Waals surface area (Å²) in [6, 6.07) is 22.6. The van der Waals surface area contributed by atoms with E-state index in [4.69, 9.17) is 9.47 Å². The van der Waals surface area contributed by atoms with Crippen LogP contribution in [0.25, 0.3) is 16.9 Å². The predicted molar refractivity (Wildman–Crippen MR) is 219 cm³/mol. The van der Waals surface area contributed by atoms with E-state index in [9.17, 15) is 58.6 Å². The highest BCUT2D eigenvalue weighted by Crippen LogP contribution is 2.50. The standard InChI is InChI=1S/C27H18BrF8NO2.C18H15BrF2O3/c1-15-2-10-23(21-12-18(28)6-11-24(21)39-14-16-3-7-19(29)13-22(16)30)37(15)20-8-4-17(5-9-20)25(38,26(31,32)33)27(34,35)36;1-11(22)2-6-17(23)15-8-13(19)4-7-18(15)24-10-12-3-5-14(20)9-16(12)21/h2-13,38H,14H2,1H3;3-5,7-9H,2,6,10H2,1H3. The Balaban J connectivity index is 0.000000267. The van der Waals surface area contributed by atoms with Crippen LogP contribution in [0.4, 0.5) is 43.9 Å². The Kier molecular flexibility index (Phi) is 15.4. The van der Waals surface area contributed by atoms with Crippen molar-refractivity contribution in [1.29, 1.82) is 0 Å². The molecule has 0 aliphatic heterocycles. The number of nitrogens with zero attached hydrogens (tertiary/aromatic N) is 1. The number of ether oxygens (including phenoxy) is 2. The summed E-state index contributed by atoms with van der Waals surface area (Å²) >= 11 is 6.64. The van der Waals surface area contributed by atoms with E-state index in [1.807, 2.05) is 0 Å². The highest BCUT2D eigenvalue weighted by atomic mass is 79.9. The zero-order chi connectivity index (χ0) is 46.4. The lowest BCUT2D eigenvalue weighted by molar-refractivity contribution is -0.376. The van der Waals surface area contributed by atoms with Gasteiger partial charge in [0.05, 0.1) is 11.3 Å². The number of benzene rings is 5. The quantitative estimate of drug-likeness (QED) is 0.0921. The zero-order valence-corrected chi connectivity index (χ0v) is 36.0. The van der Waals surface area contributed by atoms with E-state index in [0.717, 1.165) is 36.4 Å². The van der Waals surface area contributed by atoms with E-state index in [1.54, 1.807) is 60.0 Å². The number of alkyl halides is 6. The Labute approximate surface area is 370 Å². The van der Waals surface area contributed by atoms with Crippen LogP contribution in [0.3, 0.4) is 0 Å². The lowest BCUT2D eigenvalue weighted by Crippen LogP contribution is -2.53. The summed E-state index contributed by atoms with van der Waals surface area (Å²) in [5.41, 5.74) is -4.14. The molecule has 0 unspecified atom stereocenters. The van der Waals surface area contributed by atoms with Crippen LogP contribution in [0.15, 0.2) is 118 Å². The summed E-state index contributed by atoms with van der Waals surface area (Å²) in [6.45, 7) is 2.71. The number of halogens is 12. The molecule has 5 aromatic carbocycles. The average molecular weight is 1020 g/mol. The van der Waals surface area contributed by atoms with Gasteiger partial charge in [0, 0.05) is 67.6 Å². The van der Waals surface area contributed by atoms with Gasteiger partial charge in [-0.1, -0.05) is 44.0 Å². The van der Waals surface area contributed by atoms with E-state index in [0.29, 0.717) is 43.6 Å². The minimum absolute atomic E-state index is 0.0748. The Morgan fingerprint density at radius 2 is 1.14 bits per heavy atom. The van der Waals surface area contributed by atoms with Gasteiger partial charge >= 0.3 is 12.4 Å². The van der Waals surface area contributed by atoms with E-state index in [1.165, 1.54) is 19.1 Å². The maximum Gasteiger partial charge on any atom is 0.430 e. The molecule has 0 aliphatic rings. The summed E-state index contributed by atoms with van der Waals surface area (Å²) in [5.74, 6) is -2.67. The molecule has 0 fully saturated rings. The number of aryl methyl sites for hydroxylation is 1. The van der Waals surface area contributed by atoms with Gasteiger partial charge in [-0.2, -0.15) is 26.3 Å². The van der Waals surface area contributed by atoms with E-state index in [2.05, 4.69) is 31.9 Å². The van der Waals surface area contributed by atoms with Crippen LogP contribution < -0.4 is 9.47 Å². The van der Waals surface area contributed by atoms with Crippen LogP contribution in [0, 0.1) is 30.2 Å². The summed E-state index contributed by atoms with van der Waals surface area (Å²) in [5, 5.41) is 9.69. The molecule has 0 saturated carbocycles. The number of carbonyl (C=O) groups excluding carboxylic acids is 2. The van der Waals surface area contributed by atoms with E-state index in [-0.39, 0.29) is 65.9 Å². The molecule has 0 radical (unpaired) electrons. The van der Waals surface area contributed by atoms with Crippen LogP contribution in [0.1, 0.15) is 52.5 Å². The van der Waals surface area contributed by atoms with Crippen molar-refractivity contribution in [2.45, 2.75) is 57.9 Å². The maximum absolute atomic E-state index is 14.1. The normalized spacial score (nSPS) is 11.8. The SMILES string of the molecule is CC(=O)CCC(=O)c1cc(Br)ccc1OCc1ccc(F)cc1F.Cc1ccc(-c2cc(Br)ccc2OCc2ccc(F)cc2F)n1-c1ccc(C(O)(C(F)(F)F)C(F)(F)F)cc1. The molecule has 0 bridgehead atoms. The van der Waals surface area contributed by atoms with Gasteiger partial charge < -0.3 is 23.9 Å². The first kappa shape index (κ1) is 48.6. The second kappa shape index (κ2) is 19.9. The summed E-state index contributed by atoms with van der Waals surface area (Å²) in [4.78, 5) is 23.3. The molecule has 18 heteroatoms. The van der Waals surface area contributed by atoms with Crippen LogP contribution in [0.5, 0.6) is 11.5 Å². The molecule has 0 aliphatic carbocycles. The fourth-order valence-electron chi connectivity index (χ4n) is 6.12. The number of hydrogen-bond acceptors (Lipinski definition) is 5. The average Bonchev–Trinajstić information content (AvgIpc) is 3.59. The van der Waals surface area contributed by atoms with Crippen molar-refractivity contribution in [3.8, 4) is 28.4 Å². The molecule has 6 nitrogen and oxygen atoms in total. The second-order valence-electron chi connectivity index (χ2n) is 13.9. The van der Waals surface area contributed by atoms with Crippen LogP contribution in [-0.4, -0.2) is 33.6 Å². The van der Waals surface area contributed by atoms with Crippen molar-refractivity contribution in [3.63, 3.8) is 0 Å². The monoisotopic (exact) mass is 1020 g/mol. The van der Waals surface area contributed by atoms with Gasteiger partial charge in [-0.15, -0.1) is 0 Å². The number of aliphatic hydroxyl groups is 1. The fourth-order valence-corrected chi connectivity index (χ4v) is 6.84. The molecule has 63 heavy (non-hydrogen) atoms. The van der Waals surface area contributed by atoms with Crippen LogP contribution in [0.2, 0.25) is 0 Å². The molecule has 6 aromatic rings. The van der Waals surface area contributed by atoms with Gasteiger partial charge in [0.1, 0.15) is 53.8 Å². The van der Waals surface area contributed by atoms with E-state index >= 15 is 0 Å². The topological polar surface area (TPSA) is 77.8 Å². The third-order valence-corrected chi connectivity index (χ3v) is 10.4. The Morgan fingerprint density at radius 3 is 1.65 bits per heavy atom. The minimum atomic E-state index is -6.01. The van der Waals surface area contributed by atoms with Crippen LogP contribution in [-0.2, 0) is 23.6 Å². The van der Waals surface area contributed by atoms with Gasteiger partial charge in [0.25, 0.3) is 5.60 Å². The van der Waals surface area contributed by atoms with Crippen LogP contribution >= 0.6 is 31.9 Å². The number of hydrogen-bond donors (Lipinski definition) is 1. The molecule has 332 valence electrons. The van der Waals surface area contributed by atoms with Crippen molar-refractivity contribution in [2.24, 2.45) is 0 Å². The number of Topliss-reactive ketones (excluding diaryl/α,β-unsaturated/α-hetero) is 2. The number of carbonyl (C=O) groups is 2. The zero-order valence-electron chi connectivity index (χ0n) is 32.8. The maximum atomic E-state index is 14.1. The first-order chi connectivity index (χ1) is 29.5. The lowest BCUT2D eigenvalue weighted by Gasteiger charge is -2.32. The Hall–Kier alpha value is -5.46. The van der Waals surface area contributed by atoms with E-state index < -0.39 is 46.8 Å². The molecule has 6 rings (SSSR count). The Morgan fingerprint density at radius 1 is 0.635 bits per heavy atom. The first-order valence-corrected chi connectivity index (χ1v) is 20.0. The molecule has 0 amide bonds. The fraction of sp³-hybridized carbons (Fsp3) is 0.200. The van der Waals surface area contributed by atoms with Crippen molar-refractivity contribution in [3.05, 3.63) is 169 Å². The number of aromatic nitrogens is 1. The number of ketones is 2. The molecule has 1 N–H and O–H groups in total. The molecule has 0 spiro atoms.